The highest BCUT2D eigenvalue weighted by Gasteiger charge is 2.30. The van der Waals surface area contributed by atoms with Crippen molar-refractivity contribution in [1.29, 1.82) is 0 Å². The first kappa shape index (κ1) is 14.7. The number of fused-ring (bicyclic) bond motifs is 1. The van der Waals surface area contributed by atoms with Gasteiger partial charge in [-0.1, -0.05) is 4.43 Å². The van der Waals surface area contributed by atoms with Crippen molar-refractivity contribution in [2.24, 2.45) is 0 Å². The second-order valence-electron chi connectivity index (χ2n) is 4.43. The summed E-state index contributed by atoms with van der Waals surface area (Å²) in [7, 11) is 0. The number of H-pyrrole nitrogens is 1. The van der Waals surface area contributed by atoms with Gasteiger partial charge in [0.05, 0.1) is 11.8 Å². The Bertz CT molecular complexity index is 884. The molecule has 1 aromatic carbocycles. The number of aromatic nitrogens is 3. The molecule has 0 fully saturated rings. The van der Waals surface area contributed by atoms with Crippen molar-refractivity contribution in [3.63, 3.8) is 0 Å². The third-order valence-corrected chi connectivity index (χ3v) is 3.38. The number of aromatic amines is 1. The maximum absolute atomic E-state index is 12.3. The molecule has 0 unspecified atom stereocenters. The van der Waals surface area contributed by atoms with Gasteiger partial charge in [-0.15, -0.1) is 13.2 Å². The molecule has 3 rings (SSSR count). The van der Waals surface area contributed by atoms with E-state index in [1.165, 1.54) is 23.0 Å². The second-order valence-corrected chi connectivity index (χ2v) is 5.05. The van der Waals surface area contributed by atoms with Crippen LogP contribution in [0.25, 0.3) is 16.7 Å². The van der Waals surface area contributed by atoms with Crippen molar-refractivity contribution in [2.75, 3.05) is 0 Å². The summed E-state index contributed by atoms with van der Waals surface area (Å²) < 4.78 is 42.2. The lowest BCUT2D eigenvalue weighted by Gasteiger charge is -2.11. The molecular formula is C13H7AlF3N3O2. The van der Waals surface area contributed by atoms with Gasteiger partial charge < -0.3 is 9.72 Å². The Morgan fingerprint density at radius 3 is 2.55 bits per heavy atom. The van der Waals surface area contributed by atoms with Gasteiger partial charge in [-0.05, 0) is 30.5 Å². The van der Waals surface area contributed by atoms with Crippen LogP contribution in [0.3, 0.4) is 0 Å². The van der Waals surface area contributed by atoms with E-state index in [0.717, 1.165) is 12.1 Å². The van der Waals surface area contributed by atoms with E-state index >= 15 is 0 Å². The Labute approximate surface area is 129 Å². The highest BCUT2D eigenvalue weighted by molar-refractivity contribution is 6.37. The molecule has 0 bridgehead atoms. The van der Waals surface area contributed by atoms with Gasteiger partial charge in [-0.3, -0.25) is 9.36 Å². The third kappa shape index (κ3) is 2.73. The smallest absolute Gasteiger partial charge is 0.406 e. The first-order valence-corrected chi connectivity index (χ1v) is 6.63. The van der Waals surface area contributed by atoms with Gasteiger partial charge in [0.1, 0.15) is 11.3 Å². The average Bonchev–Trinajstić information content (AvgIpc) is 2.92. The quantitative estimate of drug-likeness (QED) is 0.726. The Balaban J connectivity index is 2.05. The lowest BCUT2D eigenvalue weighted by Crippen LogP contribution is -2.24. The van der Waals surface area contributed by atoms with Crippen LogP contribution in [0.2, 0.25) is 0 Å². The maximum Gasteiger partial charge on any atom is 0.573 e. The van der Waals surface area contributed by atoms with Crippen LogP contribution in [-0.4, -0.2) is 37.2 Å². The summed E-state index contributed by atoms with van der Waals surface area (Å²) in [4.78, 5) is 19.1. The van der Waals surface area contributed by atoms with Crippen LogP contribution in [-0.2, 0) is 0 Å². The minimum atomic E-state index is -4.75. The molecule has 0 spiro atoms. The van der Waals surface area contributed by atoms with Gasteiger partial charge in [0, 0.05) is 5.69 Å². The zero-order chi connectivity index (χ0) is 15.9. The first-order valence-electron chi connectivity index (χ1n) is 6.05. The van der Waals surface area contributed by atoms with E-state index in [9.17, 15) is 18.0 Å². The lowest BCUT2D eigenvalue weighted by atomic mass is 10.3. The number of nitrogens with one attached hydrogen (secondary N) is 1. The van der Waals surface area contributed by atoms with Gasteiger partial charge in [0.25, 0.3) is 5.56 Å². The van der Waals surface area contributed by atoms with Crippen molar-refractivity contribution < 1.29 is 17.9 Å². The van der Waals surface area contributed by atoms with Crippen molar-refractivity contribution in [3.8, 4) is 11.4 Å². The zero-order valence-corrected chi connectivity index (χ0v) is 12.0. The average molecular weight is 321 g/mol. The van der Waals surface area contributed by atoms with Gasteiger partial charge >= 0.3 is 6.36 Å². The van der Waals surface area contributed by atoms with Gasteiger partial charge in [-0.25, -0.2) is 4.98 Å². The number of halogens is 3. The first-order chi connectivity index (χ1) is 10.3. The number of nitrogens with zero attached hydrogens (tertiary/aromatic N) is 2. The van der Waals surface area contributed by atoms with Crippen LogP contribution < -0.4 is 14.7 Å². The van der Waals surface area contributed by atoms with Crippen molar-refractivity contribution in [3.05, 3.63) is 47.1 Å². The van der Waals surface area contributed by atoms with E-state index in [1.807, 2.05) is 0 Å². The van der Waals surface area contributed by atoms with E-state index in [0.29, 0.717) is 21.1 Å². The Morgan fingerprint density at radius 2 is 1.91 bits per heavy atom. The molecule has 0 atom stereocenters. The number of ether oxygens (including phenoxy) is 1. The van der Waals surface area contributed by atoms with Crippen LogP contribution in [0.4, 0.5) is 13.2 Å². The minimum absolute atomic E-state index is 0.322. The molecule has 0 aliphatic heterocycles. The fourth-order valence-electron chi connectivity index (χ4n) is 2.06. The predicted molar refractivity (Wildman–Crippen MR) is 73.8 cm³/mol. The van der Waals surface area contributed by atoms with Gasteiger partial charge in [0.2, 0.25) is 0 Å². The SMILES string of the molecule is O=c1c2[nH]cnc2[c]([Al])cn1-c1ccc(OC(F)(F)F)cc1. The summed E-state index contributed by atoms with van der Waals surface area (Å²) in [5.74, 6) is -0.349. The highest BCUT2D eigenvalue weighted by atomic mass is 27.0. The normalized spacial score (nSPS) is 11.8. The van der Waals surface area contributed by atoms with Crippen LogP contribution in [0.5, 0.6) is 5.75 Å². The number of hydrogen-bond acceptors (Lipinski definition) is 3. The summed E-state index contributed by atoms with van der Waals surface area (Å²) >= 11 is 2.46. The lowest BCUT2D eigenvalue weighted by molar-refractivity contribution is -0.274. The van der Waals surface area contributed by atoms with E-state index in [-0.39, 0.29) is 11.3 Å². The molecule has 3 aromatic rings. The zero-order valence-electron chi connectivity index (χ0n) is 10.9. The topological polar surface area (TPSA) is 59.9 Å². The van der Waals surface area contributed by atoms with Gasteiger partial charge in [-0.2, -0.15) is 0 Å². The number of pyridine rings is 1. The summed E-state index contributed by atoms with van der Waals surface area (Å²) in [6.45, 7) is 0. The van der Waals surface area contributed by atoms with Crippen molar-refractivity contribution >= 4 is 31.7 Å². The van der Waals surface area contributed by atoms with Crippen LogP contribution in [0.15, 0.2) is 41.6 Å². The molecule has 9 heteroatoms. The third-order valence-electron chi connectivity index (χ3n) is 2.96. The summed E-state index contributed by atoms with van der Waals surface area (Å²) in [5.41, 5.74) is 0.925. The van der Waals surface area contributed by atoms with Crippen molar-refractivity contribution in [2.45, 2.75) is 6.36 Å². The molecule has 0 aliphatic carbocycles. The summed E-state index contributed by atoms with van der Waals surface area (Å²) in [6, 6.07) is 5.04. The highest BCUT2D eigenvalue weighted by Crippen LogP contribution is 2.23. The molecule has 0 aliphatic rings. The fourth-order valence-corrected chi connectivity index (χ4v) is 2.42. The Kier molecular flexibility index (Phi) is 3.47. The number of imidazole rings is 1. The molecule has 2 aromatic heterocycles. The van der Waals surface area contributed by atoms with E-state index < -0.39 is 6.36 Å². The molecule has 0 amide bonds. The summed E-state index contributed by atoms with van der Waals surface area (Å²) in [6.07, 6.45) is -1.79. The Morgan fingerprint density at radius 1 is 1.23 bits per heavy atom. The molecule has 5 nitrogen and oxygen atoms in total. The molecule has 110 valence electrons. The van der Waals surface area contributed by atoms with Crippen LogP contribution in [0.1, 0.15) is 0 Å². The van der Waals surface area contributed by atoms with E-state index in [1.54, 1.807) is 6.20 Å². The Hall–Kier alpha value is -2.24. The van der Waals surface area contributed by atoms with Gasteiger partial charge in [0.15, 0.2) is 16.3 Å². The predicted octanol–water partition coefficient (Wildman–Crippen LogP) is 1.41. The fraction of sp³-hybridized carbons (Fsp3) is 0.0769. The molecular weight excluding hydrogens is 314 g/mol. The second kappa shape index (κ2) is 5.19. The number of rotatable bonds is 2. The van der Waals surface area contributed by atoms with Crippen molar-refractivity contribution in [1.82, 2.24) is 14.5 Å². The molecule has 1 N–H and O–H groups in total. The molecule has 2 radical (unpaired) electrons. The molecule has 0 saturated carbocycles. The standard InChI is InChI=1S/C13H7F3N3O2.Al/c14-13(15,16)21-9-3-1-8(2-4-9)19-6-5-10-11(12(19)20)18-7-17-10;/h1-4,6-7H,(H,17,18);. The van der Waals surface area contributed by atoms with Crippen LogP contribution >= 0.6 is 0 Å². The van der Waals surface area contributed by atoms with E-state index in [2.05, 4.69) is 31.0 Å². The number of benzene rings is 1. The monoisotopic (exact) mass is 321 g/mol. The van der Waals surface area contributed by atoms with E-state index in [4.69, 9.17) is 0 Å². The molecule has 2 heterocycles. The largest absolute Gasteiger partial charge is 0.573 e. The molecule has 22 heavy (non-hydrogen) atoms. The minimum Gasteiger partial charge on any atom is -0.406 e. The summed E-state index contributed by atoms with van der Waals surface area (Å²) in [5, 5.41) is 0. The maximum atomic E-state index is 12.3. The number of hydrogen-bond donors (Lipinski definition) is 1. The molecule has 0 saturated heterocycles. The van der Waals surface area contributed by atoms with Crippen LogP contribution in [0, 0.1) is 0 Å². The number of alkyl halides is 3.